The van der Waals surface area contributed by atoms with Gasteiger partial charge in [-0.3, -0.25) is 0 Å². The van der Waals surface area contributed by atoms with Gasteiger partial charge in [0.25, 0.3) is 0 Å². The zero-order chi connectivity index (χ0) is 12.5. The fourth-order valence-electron chi connectivity index (χ4n) is 2.27. The molecule has 1 nitrogen and oxygen atoms in total. The van der Waals surface area contributed by atoms with Crippen LogP contribution in [0.5, 0.6) is 0 Å². The van der Waals surface area contributed by atoms with Crippen LogP contribution in [0.1, 0.15) is 31.2 Å². The molecule has 0 radical (unpaired) electrons. The van der Waals surface area contributed by atoms with Crippen molar-refractivity contribution in [1.82, 2.24) is 0 Å². The SMILES string of the molecule is CSc1ccc(C2(N)CCC(F)(F)CC2)cc1. The largest absolute Gasteiger partial charge is 0.321 e. The van der Waals surface area contributed by atoms with E-state index in [2.05, 4.69) is 0 Å². The zero-order valence-corrected chi connectivity index (χ0v) is 10.7. The summed E-state index contributed by atoms with van der Waals surface area (Å²) in [6.07, 6.45) is 2.52. The predicted molar refractivity (Wildman–Crippen MR) is 67.5 cm³/mol. The van der Waals surface area contributed by atoms with Gasteiger partial charge < -0.3 is 5.73 Å². The average Bonchev–Trinajstić information content (AvgIpc) is 2.34. The summed E-state index contributed by atoms with van der Waals surface area (Å²) in [7, 11) is 0. The van der Waals surface area contributed by atoms with Gasteiger partial charge in [-0.15, -0.1) is 11.8 Å². The van der Waals surface area contributed by atoms with Gasteiger partial charge in [0.2, 0.25) is 5.92 Å². The standard InChI is InChI=1S/C13H17F2NS/c1-17-11-4-2-10(3-5-11)12(16)6-8-13(14,15)9-7-12/h2-5H,6-9,16H2,1H3. The van der Waals surface area contributed by atoms with Crippen LogP contribution in [-0.2, 0) is 5.54 Å². The fraction of sp³-hybridized carbons (Fsp3) is 0.538. The summed E-state index contributed by atoms with van der Waals surface area (Å²) >= 11 is 1.66. The highest BCUT2D eigenvalue weighted by Gasteiger charge is 2.41. The molecule has 2 N–H and O–H groups in total. The molecule has 2 rings (SSSR count). The van der Waals surface area contributed by atoms with E-state index < -0.39 is 11.5 Å². The Balaban J connectivity index is 2.15. The molecule has 0 bridgehead atoms. The Labute approximate surface area is 105 Å². The molecule has 1 aliphatic carbocycles. The van der Waals surface area contributed by atoms with E-state index >= 15 is 0 Å². The van der Waals surface area contributed by atoms with Crippen molar-refractivity contribution in [2.24, 2.45) is 5.73 Å². The molecule has 1 aromatic rings. The van der Waals surface area contributed by atoms with Crippen molar-refractivity contribution in [3.8, 4) is 0 Å². The number of hydrogen-bond acceptors (Lipinski definition) is 2. The van der Waals surface area contributed by atoms with Crippen LogP contribution in [0.3, 0.4) is 0 Å². The van der Waals surface area contributed by atoms with Gasteiger partial charge in [-0.05, 0) is 36.8 Å². The Morgan fingerprint density at radius 3 is 2.06 bits per heavy atom. The minimum absolute atomic E-state index is 0.103. The van der Waals surface area contributed by atoms with Crippen molar-refractivity contribution in [2.75, 3.05) is 6.26 Å². The summed E-state index contributed by atoms with van der Waals surface area (Å²) in [6, 6.07) is 7.94. The van der Waals surface area contributed by atoms with Gasteiger partial charge in [-0.2, -0.15) is 0 Å². The lowest BCUT2D eigenvalue weighted by Gasteiger charge is -2.37. The number of hydrogen-bond donors (Lipinski definition) is 1. The molecule has 17 heavy (non-hydrogen) atoms. The van der Waals surface area contributed by atoms with Gasteiger partial charge in [0.05, 0.1) is 0 Å². The van der Waals surface area contributed by atoms with Crippen LogP contribution in [0.25, 0.3) is 0 Å². The fourth-order valence-corrected chi connectivity index (χ4v) is 2.68. The van der Waals surface area contributed by atoms with Crippen LogP contribution in [0, 0.1) is 0 Å². The molecule has 0 saturated heterocycles. The number of nitrogens with two attached hydrogens (primary N) is 1. The van der Waals surface area contributed by atoms with Gasteiger partial charge >= 0.3 is 0 Å². The molecular formula is C13H17F2NS. The quantitative estimate of drug-likeness (QED) is 0.816. The third kappa shape index (κ3) is 2.80. The molecule has 0 atom stereocenters. The first-order valence-electron chi connectivity index (χ1n) is 5.76. The summed E-state index contributed by atoms with van der Waals surface area (Å²) in [6.45, 7) is 0. The Morgan fingerprint density at radius 2 is 1.59 bits per heavy atom. The molecule has 0 unspecified atom stereocenters. The molecule has 4 heteroatoms. The van der Waals surface area contributed by atoms with Crippen LogP contribution in [0.2, 0.25) is 0 Å². The summed E-state index contributed by atoms with van der Waals surface area (Å²) < 4.78 is 26.2. The molecule has 0 aliphatic heterocycles. The van der Waals surface area contributed by atoms with E-state index in [1.54, 1.807) is 11.8 Å². The van der Waals surface area contributed by atoms with Gasteiger partial charge in [-0.25, -0.2) is 8.78 Å². The molecule has 0 aromatic heterocycles. The maximum atomic E-state index is 13.1. The van der Waals surface area contributed by atoms with E-state index in [4.69, 9.17) is 5.73 Å². The van der Waals surface area contributed by atoms with E-state index in [1.165, 1.54) is 4.90 Å². The summed E-state index contributed by atoms with van der Waals surface area (Å²) in [5.41, 5.74) is 6.66. The van der Waals surface area contributed by atoms with Crippen molar-refractivity contribution < 1.29 is 8.78 Å². The predicted octanol–water partition coefficient (Wildman–Crippen LogP) is 3.77. The molecular weight excluding hydrogens is 240 g/mol. The van der Waals surface area contributed by atoms with Gasteiger partial charge in [0, 0.05) is 23.3 Å². The smallest absolute Gasteiger partial charge is 0.248 e. The first-order valence-corrected chi connectivity index (χ1v) is 6.99. The minimum Gasteiger partial charge on any atom is -0.321 e. The molecule has 94 valence electrons. The summed E-state index contributed by atoms with van der Waals surface area (Å²) in [4.78, 5) is 1.17. The average molecular weight is 257 g/mol. The number of thioether (sulfide) groups is 1. The van der Waals surface area contributed by atoms with Gasteiger partial charge in [-0.1, -0.05) is 12.1 Å². The lowest BCUT2D eigenvalue weighted by atomic mass is 9.76. The molecule has 1 fully saturated rings. The Morgan fingerprint density at radius 1 is 1.06 bits per heavy atom. The first kappa shape index (κ1) is 12.8. The van der Waals surface area contributed by atoms with Crippen LogP contribution >= 0.6 is 11.8 Å². The third-order valence-corrected chi connectivity index (χ3v) is 4.28. The highest BCUT2D eigenvalue weighted by atomic mass is 32.2. The second-order valence-corrected chi connectivity index (χ2v) is 5.62. The van der Waals surface area contributed by atoms with E-state index in [0.29, 0.717) is 12.8 Å². The molecule has 1 saturated carbocycles. The monoisotopic (exact) mass is 257 g/mol. The second kappa shape index (κ2) is 4.58. The van der Waals surface area contributed by atoms with E-state index in [9.17, 15) is 8.78 Å². The number of alkyl halides is 2. The van der Waals surface area contributed by atoms with Gasteiger partial charge in [0.15, 0.2) is 0 Å². The van der Waals surface area contributed by atoms with Crippen molar-refractivity contribution in [1.29, 1.82) is 0 Å². The van der Waals surface area contributed by atoms with E-state index in [0.717, 1.165) is 5.56 Å². The zero-order valence-electron chi connectivity index (χ0n) is 9.88. The van der Waals surface area contributed by atoms with Crippen LogP contribution in [0.15, 0.2) is 29.2 Å². The maximum Gasteiger partial charge on any atom is 0.248 e. The molecule has 0 amide bonds. The van der Waals surface area contributed by atoms with E-state index in [-0.39, 0.29) is 12.8 Å². The lowest BCUT2D eigenvalue weighted by Crippen LogP contribution is -2.43. The first-order chi connectivity index (χ1) is 7.95. The van der Waals surface area contributed by atoms with E-state index in [1.807, 2.05) is 30.5 Å². The van der Waals surface area contributed by atoms with Crippen molar-refractivity contribution in [3.63, 3.8) is 0 Å². The van der Waals surface area contributed by atoms with Crippen LogP contribution < -0.4 is 5.73 Å². The summed E-state index contributed by atoms with van der Waals surface area (Å²) in [5.74, 6) is -2.53. The van der Waals surface area contributed by atoms with Crippen LogP contribution in [0.4, 0.5) is 8.78 Å². The highest BCUT2D eigenvalue weighted by Crippen LogP contribution is 2.42. The lowest BCUT2D eigenvalue weighted by molar-refractivity contribution is -0.0514. The maximum absolute atomic E-state index is 13.1. The molecule has 0 spiro atoms. The molecule has 0 heterocycles. The second-order valence-electron chi connectivity index (χ2n) is 4.74. The normalized spacial score (nSPS) is 22.4. The number of halogens is 2. The number of benzene rings is 1. The molecule has 1 aliphatic rings. The Kier molecular flexibility index (Phi) is 3.46. The highest BCUT2D eigenvalue weighted by molar-refractivity contribution is 7.98. The minimum atomic E-state index is -2.53. The molecule has 1 aromatic carbocycles. The Hall–Kier alpha value is -0.610. The van der Waals surface area contributed by atoms with Crippen molar-refractivity contribution in [2.45, 2.75) is 42.0 Å². The summed E-state index contributed by atoms with van der Waals surface area (Å²) in [5, 5.41) is 0. The van der Waals surface area contributed by atoms with Crippen molar-refractivity contribution >= 4 is 11.8 Å². The van der Waals surface area contributed by atoms with Crippen LogP contribution in [-0.4, -0.2) is 12.2 Å². The third-order valence-electron chi connectivity index (χ3n) is 3.54. The van der Waals surface area contributed by atoms with Crippen molar-refractivity contribution in [3.05, 3.63) is 29.8 Å². The topological polar surface area (TPSA) is 26.0 Å². The Bertz CT molecular complexity index is 379. The van der Waals surface area contributed by atoms with Gasteiger partial charge in [0.1, 0.15) is 0 Å². The number of rotatable bonds is 2.